The van der Waals surface area contributed by atoms with Gasteiger partial charge in [-0.05, 0) is 34.6 Å². The number of ketones is 1. The number of carbonyl (C=O) groups excluding carboxylic acids is 2. The molecule has 0 amide bonds. The Morgan fingerprint density at radius 3 is 2.14 bits per heavy atom. The molecule has 0 aromatic heterocycles. The van der Waals surface area contributed by atoms with Crippen LogP contribution in [0.2, 0.25) is 0 Å². The van der Waals surface area contributed by atoms with E-state index in [2.05, 4.69) is 0 Å². The number of hydrogen-bond acceptors (Lipinski definition) is 4. The van der Waals surface area contributed by atoms with Crippen LogP contribution < -0.4 is 0 Å². The lowest BCUT2D eigenvalue weighted by atomic mass is 10.2. The first-order chi connectivity index (χ1) is 6.22. The van der Waals surface area contributed by atoms with Gasteiger partial charge in [0.05, 0.1) is 0 Å². The summed E-state index contributed by atoms with van der Waals surface area (Å²) in [6.07, 6.45) is -0.696. The van der Waals surface area contributed by atoms with Gasteiger partial charge in [-0.15, -0.1) is 0 Å². The molecule has 0 spiro atoms. The van der Waals surface area contributed by atoms with Gasteiger partial charge in [-0.1, -0.05) is 0 Å². The van der Waals surface area contributed by atoms with Crippen molar-refractivity contribution in [2.75, 3.05) is 6.61 Å². The molecule has 4 nitrogen and oxygen atoms in total. The molecule has 4 heteroatoms. The Kier molecular flexibility index (Phi) is 4.77. The molecule has 82 valence electrons. The van der Waals surface area contributed by atoms with E-state index in [1.807, 2.05) is 0 Å². The van der Waals surface area contributed by atoms with Crippen LogP contribution in [-0.2, 0) is 19.1 Å². The van der Waals surface area contributed by atoms with Gasteiger partial charge in [0, 0.05) is 0 Å². The minimum absolute atomic E-state index is 0.0551. The highest BCUT2D eigenvalue weighted by molar-refractivity contribution is 5.78. The summed E-state index contributed by atoms with van der Waals surface area (Å²) in [5, 5.41) is 0. The van der Waals surface area contributed by atoms with Crippen molar-refractivity contribution >= 4 is 11.8 Å². The highest BCUT2D eigenvalue weighted by Crippen LogP contribution is 2.09. The topological polar surface area (TPSA) is 52.6 Å². The van der Waals surface area contributed by atoms with E-state index in [4.69, 9.17) is 9.47 Å². The molecule has 0 radical (unpaired) electrons. The van der Waals surface area contributed by atoms with Crippen molar-refractivity contribution in [2.45, 2.75) is 46.3 Å². The Morgan fingerprint density at radius 2 is 1.79 bits per heavy atom. The average Bonchev–Trinajstić information content (AvgIpc) is 1.96. The molecule has 0 bridgehead atoms. The maximum atomic E-state index is 11.3. The Morgan fingerprint density at radius 1 is 1.29 bits per heavy atom. The van der Waals surface area contributed by atoms with Crippen molar-refractivity contribution in [2.24, 2.45) is 0 Å². The summed E-state index contributed by atoms with van der Waals surface area (Å²) in [7, 11) is 0. The summed E-state index contributed by atoms with van der Waals surface area (Å²) in [5.74, 6) is -0.556. The molecule has 0 rings (SSSR count). The highest BCUT2D eigenvalue weighted by atomic mass is 16.6. The third-order valence-corrected chi connectivity index (χ3v) is 1.28. The summed E-state index contributed by atoms with van der Waals surface area (Å²) in [6, 6.07) is 0. The molecular formula is C10H18O4. The third-order valence-electron chi connectivity index (χ3n) is 1.28. The van der Waals surface area contributed by atoms with Crippen molar-refractivity contribution in [1.29, 1.82) is 0 Å². The van der Waals surface area contributed by atoms with E-state index in [0.717, 1.165) is 0 Å². The summed E-state index contributed by atoms with van der Waals surface area (Å²) < 4.78 is 10.0. The normalized spacial score (nSPS) is 13.5. The van der Waals surface area contributed by atoms with Crippen LogP contribution in [-0.4, -0.2) is 30.1 Å². The van der Waals surface area contributed by atoms with Gasteiger partial charge in [0.2, 0.25) is 0 Å². The lowest BCUT2D eigenvalue weighted by Crippen LogP contribution is -2.32. The first-order valence-corrected chi connectivity index (χ1v) is 4.56. The molecule has 0 unspecified atom stereocenters. The highest BCUT2D eigenvalue weighted by Gasteiger charge is 2.22. The van der Waals surface area contributed by atoms with Crippen LogP contribution in [0, 0.1) is 0 Å². The maximum absolute atomic E-state index is 11.3. The van der Waals surface area contributed by atoms with Crippen molar-refractivity contribution in [3.63, 3.8) is 0 Å². The fraction of sp³-hybridized carbons (Fsp3) is 0.800. The SMILES string of the molecule is CC(=O)CO[C@@H](C)C(=O)OC(C)(C)C. The van der Waals surface area contributed by atoms with Gasteiger partial charge < -0.3 is 9.47 Å². The fourth-order valence-electron chi connectivity index (χ4n) is 0.695. The molecular weight excluding hydrogens is 184 g/mol. The van der Waals surface area contributed by atoms with Crippen LogP contribution in [0.5, 0.6) is 0 Å². The number of carbonyl (C=O) groups is 2. The lowest BCUT2D eigenvalue weighted by molar-refractivity contribution is -0.167. The number of esters is 1. The fourth-order valence-corrected chi connectivity index (χ4v) is 0.695. The summed E-state index contributed by atoms with van der Waals surface area (Å²) in [6.45, 7) is 8.26. The predicted octanol–water partition coefficient (Wildman–Crippen LogP) is 1.32. The molecule has 0 N–H and O–H groups in total. The van der Waals surface area contributed by atoms with E-state index in [9.17, 15) is 9.59 Å². The second-order valence-corrected chi connectivity index (χ2v) is 4.19. The lowest BCUT2D eigenvalue weighted by Gasteiger charge is -2.22. The maximum Gasteiger partial charge on any atom is 0.335 e. The van der Waals surface area contributed by atoms with Crippen molar-refractivity contribution in [1.82, 2.24) is 0 Å². The number of ether oxygens (including phenoxy) is 2. The van der Waals surface area contributed by atoms with Crippen LogP contribution >= 0.6 is 0 Å². The standard InChI is InChI=1S/C10H18O4/c1-7(11)6-13-8(2)9(12)14-10(3,4)5/h8H,6H2,1-5H3/t8-/m0/s1. The van der Waals surface area contributed by atoms with E-state index in [0.29, 0.717) is 0 Å². The summed E-state index contributed by atoms with van der Waals surface area (Å²) >= 11 is 0. The van der Waals surface area contributed by atoms with Crippen LogP contribution in [0.1, 0.15) is 34.6 Å². The smallest absolute Gasteiger partial charge is 0.335 e. The van der Waals surface area contributed by atoms with Crippen LogP contribution in [0.3, 0.4) is 0 Å². The van der Waals surface area contributed by atoms with Gasteiger partial charge in [-0.25, -0.2) is 4.79 Å². The molecule has 0 aliphatic heterocycles. The van der Waals surface area contributed by atoms with Crippen molar-refractivity contribution in [3.8, 4) is 0 Å². The second kappa shape index (κ2) is 5.10. The zero-order chi connectivity index (χ0) is 11.4. The van der Waals surface area contributed by atoms with Crippen LogP contribution in [0.25, 0.3) is 0 Å². The Balaban J connectivity index is 3.94. The molecule has 0 aromatic rings. The van der Waals surface area contributed by atoms with E-state index in [1.54, 1.807) is 27.7 Å². The first-order valence-electron chi connectivity index (χ1n) is 4.56. The predicted molar refractivity (Wildman–Crippen MR) is 51.9 cm³/mol. The van der Waals surface area contributed by atoms with Crippen molar-refractivity contribution < 1.29 is 19.1 Å². The van der Waals surface area contributed by atoms with Crippen LogP contribution in [0.4, 0.5) is 0 Å². The molecule has 0 aliphatic carbocycles. The van der Waals surface area contributed by atoms with Gasteiger partial charge in [0.1, 0.15) is 12.2 Å². The van der Waals surface area contributed by atoms with E-state index >= 15 is 0 Å². The van der Waals surface area contributed by atoms with Gasteiger partial charge in [0.15, 0.2) is 11.9 Å². The Hall–Kier alpha value is -0.900. The first kappa shape index (κ1) is 13.1. The number of Topliss-reactive ketones (excluding diaryl/α,β-unsaturated/α-hetero) is 1. The molecule has 0 fully saturated rings. The van der Waals surface area contributed by atoms with E-state index in [1.165, 1.54) is 6.92 Å². The Bertz CT molecular complexity index is 215. The molecule has 1 atom stereocenters. The minimum Gasteiger partial charge on any atom is -0.458 e. The van der Waals surface area contributed by atoms with E-state index < -0.39 is 17.7 Å². The summed E-state index contributed by atoms with van der Waals surface area (Å²) in [5.41, 5.74) is -0.523. The average molecular weight is 202 g/mol. The molecule has 0 saturated carbocycles. The quantitative estimate of drug-likeness (QED) is 0.645. The van der Waals surface area contributed by atoms with Gasteiger partial charge in [0.25, 0.3) is 0 Å². The second-order valence-electron chi connectivity index (χ2n) is 4.19. The number of hydrogen-bond donors (Lipinski definition) is 0. The largest absolute Gasteiger partial charge is 0.458 e. The van der Waals surface area contributed by atoms with Gasteiger partial charge in [-0.2, -0.15) is 0 Å². The molecule has 0 heterocycles. The zero-order valence-corrected chi connectivity index (χ0v) is 9.42. The molecule has 0 saturated heterocycles. The number of rotatable bonds is 4. The van der Waals surface area contributed by atoms with Gasteiger partial charge >= 0.3 is 5.97 Å². The van der Waals surface area contributed by atoms with Crippen LogP contribution in [0.15, 0.2) is 0 Å². The molecule has 14 heavy (non-hydrogen) atoms. The summed E-state index contributed by atoms with van der Waals surface area (Å²) in [4.78, 5) is 21.9. The van der Waals surface area contributed by atoms with Gasteiger partial charge in [-0.3, -0.25) is 4.79 Å². The monoisotopic (exact) mass is 202 g/mol. The molecule has 0 aliphatic rings. The zero-order valence-electron chi connectivity index (χ0n) is 9.42. The Labute approximate surface area is 84.6 Å². The minimum atomic E-state index is -0.696. The molecule has 0 aromatic carbocycles. The van der Waals surface area contributed by atoms with E-state index in [-0.39, 0.29) is 12.4 Å². The van der Waals surface area contributed by atoms with Crippen molar-refractivity contribution in [3.05, 3.63) is 0 Å². The third kappa shape index (κ3) is 6.60.